The minimum Gasteiger partial charge on any atom is -0.481 e. The van der Waals surface area contributed by atoms with Crippen LogP contribution in [0.2, 0.25) is 0 Å². The predicted octanol–water partition coefficient (Wildman–Crippen LogP) is 1.20. The van der Waals surface area contributed by atoms with E-state index in [-0.39, 0.29) is 17.7 Å². The molecule has 0 unspecified atom stereocenters. The molecule has 18 heavy (non-hydrogen) atoms. The highest BCUT2D eigenvalue weighted by molar-refractivity contribution is 5.80. The van der Waals surface area contributed by atoms with Gasteiger partial charge in [0.2, 0.25) is 5.91 Å². The molecule has 1 amide bonds. The third-order valence-electron chi connectivity index (χ3n) is 3.05. The Morgan fingerprint density at radius 1 is 1.39 bits per heavy atom. The van der Waals surface area contributed by atoms with Crippen molar-refractivity contribution in [3.8, 4) is 0 Å². The molecule has 1 fully saturated rings. The van der Waals surface area contributed by atoms with Gasteiger partial charge in [-0.3, -0.25) is 9.59 Å². The third-order valence-corrected chi connectivity index (χ3v) is 3.05. The van der Waals surface area contributed by atoms with Crippen LogP contribution in [-0.4, -0.2) is 36.7 Å². The lowest BCUT2D eigenvalue weighted by Gasteiger charge is -2.11. The molecule has 1 rings (SSSR count). The van der Waals surface area contributed by atoms with Crippen molar-refractivity contribution in [1.29, 1.82) is 0 Å². The van der Waals surface area contributed by atoms with E-state index < -0.39 is 5.97 Å². The van der Waals surface area contributed by atoms with Crippen molar-refractivity contribution >= 4 is 11.9 Å². The van der Waals surface area contributed by atoms with E-state index in [2.05, 4.69) is 11.9 Å². The van der Waals surface area contributed by atoms with E-state index in [0.717, 1.165) is 5.57 Å². The van der Waals surface area contributed by atoms with Crippen molar-refractivity contribution in [1.82, 2.24) is 5.32 Å². The van der Waals surface area contributed by atoms with Crippen LogP contribution < -0.4 is 5.32 Å². The molecule has 0 saturated heterocycles. The highest BCUT2D eigenvalue weighted by Crippen LogP contribution is 2.30. The molecule has 102 valence electrons. The van der Waals surface area contributed by atoms with Gasteiger partial charge in [0.25, 0.3) is 0 Å². The van der Waals surface area contributed by atoms with Crippen LogP contribution in [0.1, 0.15) is 26.2 Å². The lowest BCUT2D eigenvalue weighted by molar-refractivity contribution is -0.141. The zero-order chi connectivity index (χ0) is 13.5. The van der Waals surface area contributed by atoms with Crippen LogP contribution in [0.3, 0.4) is 0 Å². The number of hydrogen-bond acceptors (Lipinski definition) is 3. The first-order chi connectivity index (χ1) is 8.50. The summed E-state index contributed by atoms with van der Waals surface area (Å²) in [4.78, 5) is 22.5. The van der Waals surface area contributed by atoms with Crippen LogP contribution in [0.25, 0.3) is 0 Å². The first kappa shape index (κ1) is 14.7. The predicted molar refractivity (Wildman–Crippen MR) is 67.1 cm³/mol. The molecule has 1 saturated carbocycles. The van der Waals surface area contributed by atoms with Gasteiger partial charge in [-0.1, -0.05) is 12.2 Å². The SMILES string of the molecule is C=C(C)COCCNC(=O)[C@@H]1CC[C@H](C(=O)O)C1. The Morgan fingerprint density at radius 2 is 2.06 bits per heavy atom. The van der Waals surface area contributed by atoms with Crippen molar-refractivity contribution in [3.63, 3.8) is 0 Å². The van der Waals surface area contributed by atoms with Gasteiger partial charge in [0.1, 0.15) is 0 Å². The smallest absolute Gasteiger partial charge is 0.306 e. The number of aliphatic carboxylic acids is 1. The van der Waals surface area contributed by atoms with Gasteiger partial charge >= 0.3 is 5.97 Å². The lowest BCUT2D eigenvalue weighted by Crippen LogP contribution is -2.32. The van der Waals surface area contributed by atoms with Crippen molar-refractivity contribution in [3.05, 3.63) is 12.2 Å². The van der Waals surface area contributed by atoms with Crippen LogP contribution in [0.4, 0.5) is 0 Å². The van der Waals surface area contributed by atoms with Gasteiger partial charge in [-0.25, -0.2) is 0 Å². The fourth-order valence-corrected chi connectivity index (χ4v) is 2.08. The maximum absolute atomic E-state index is 11.7. The summed E-state index contributed by atoms with van der Waals surface area (Å²) in [6.45, 7) is 7.00. The summed E-state index contributed by atoms with van der Waals surface area (Å²) >= 11 is 0. The zero-order valence-electron chi connectivity index (χ0n) is 10.8. The van der Waals surface area contributed by atoms with E-state index in [0.29, 0.717) is 39.0 Å². The second-order valence-electron chi connectivity index (χ2n) is 4.85. The lowest BCUT2D eigenvalue weighted by atomic mass is 10.0. The van der Waals surface area contributed by atoms with E-state index in [1.54, 1.807) is 0 Å². The highest BCUT2D eigenvalue weighted by atomic mass is 16.5. The largest absolute Gasteiger partial charge is 0.481 e. The maximum atomic E-state index is 11.7. The molecule has 1 aliphatic carbocycles. The van der Waals surface area contributed by atoms with Crippen LogP contribution in [0.5, 0.6) is 0 Å². The summed E-state index contributed by atoms with van der Waals surface area (Å²) in [5, 5.41) is 11.6. The van der Waals surface area contributed by atoms with Gasteiger partial charge in [-0.15, -0.1) is 0 Å². The van der Waals surface area contributed by atoms with Crippen LogP contribution in [0, 0.1) is 11.8 Å². The zero-order valence-corrected chi connectivity index (χ0v) is 10.8. The van der Waals surface area contributed by atoms with Gasteiger partial charge in [-0.2, -0.15) is 0 Å². The fourth-order valence-electron chi connectivity index (χ4n) is 2.08. The van der Waals surface area contributed by atoms with Crippen molar-refractivity contribution < 1.29 is 19.4 Å². The van der Waals surface area contributed by atoms with E-state index in [1.165, 1.54) is 0 Å². The molecule has 0 aromatic carbocycles. The van der Waals surface area contributed by atoms with Crippen molar-refractivity contribution in [2.45, 2.75) is 26.2 Å². The van der Waals surface area contributed by atoms with E-state index in [1.807, 2.05) is 6.92 Å². The molecule has 0 radical (unpaired) electrons. The third kappa shape index (κ3) is 4.87. The Hall–Kier alpha value is -1.36. The molecule has 0 aromatic rings. The van der Waals surface area contributed by atoms with Gasteiger partial charge in [-0.05, 0) is 26.2 Å². The van der Waals surface area contributed by atoms with Gasteiger partial charge in [0.05, 0.1) is 19.1 Å². The summed E-state index contributed by atoms with van der Waals surface area (Å²) in [5.41, 5.74) is 0.946. The standard InChI is InChI=1S/C13H21NO4/c1-9(2)8-18-6-5-14-12(15)10-3-4-11(7-10)13(16)17/h10-11H,1,3-8H2,2H3,(H,14,15)(H,16,17)/t10-,11+/m1/s1. The molecule has 1 aliphatic rings. The number of hydrogen-bond donors (Lipinski definition) is 2. The number of ether oxygens (including phenoxy) is 1. The second-order valence-corrected chi connectivity index (χ2v) is 4.85. The molecule has 0 aromatic heterocycles. The number of amides is 1. The Balaban J connectivity index is 2.14. The van der Waals surface area contributed by atoms with E-state index in [9.17, 15) is 9.59 Å². The second kappa shape index (κ2) is 7.16. The average molecular weight is 255 g/mol. The average Bonchev–Trinajstić information content (AvgIpc) is 2.77. The molecule has 0 bridgehead atoms. The number of rotatable bonds is 7. The topological polar surface area (TPSA) is 75.6 Å². The Kier molecular flexibility index (Phi) is 5.85. The molecular formula is C13H21NO4. The summed E-state index contributed by atoms with van der Waals surface area (Å²) < 4.78 is 5.26. The fraction of sp³-hybridized carbons (Fsp3) is 0.692. The summed E-state index contributed by atoms with van der Waals surface area (Å²) in [6.07, 6.45) is 1.71. The van der Waals surface area contributed by atoms with Crippen molar-refractivity contribution in [2.24, 2.45) is 11.8 Å². The minimum atomic E-state index is -0.796. The molecule has 5 nitrogen and oxygen atoms in total. The van der Waals surface area contributed by atoms with Crippen LogP contribution >= 0.6 is 0 Å². The minimum absolute atomic E-state index is 0.0577. The highest BCUT2D eigenvalue weighted by Gasteiger charge is 2.33. The normalized spacial score (nSPS) is 22.7. The van der Waals surface area contributed by atoms with Crippen LogP contribution in [-0.2, 0) is 14.3 Å². The molecule has 0 spiro atoms. The number of carbonyl (C=O) groups excluding carboxylic acids is 1. The monoisotopic (exact) mass is 255 g/mol. The number of carboxylic acid groups (broad SMARTS) is 1. The van der Waals surface area contributed by atoms with E-state index >= 15 is 0 Å². The first-order valence-corrected chi connectivity index (χ1v) is 6.23. The van der Waals surface area contributed by atoms with Crippen LogP contribution in [0.15, 0.2) is 12.2 Å². The summed E-state index contributed by atoms with van der Waals surface area (Å²) in [7, 11) is 0. The number of carboxylic acids is 1. The molecule has 2 N–H and O–H groups in total. The number of nitrogens with one attached hydrogen (secondary N) is 1. The Labute approximate surface area is 107 Å². The van der Waals surface area contributed by atoms with E-state index in [4.69, 9.17) is 9.84 Å². The number of carbonyl (C=O) groups is 2. The quantitative estimate of drug-likeness (QED) is 0.529. The molecule has 0 heterocycles. The maximum Gasteiger partial charge on any atom is 0.306 e. The van der Waals surface area contributed by atoms with Gasteiger partial charge < -0.3 is 15.2 Å². The first-order valence-electron chi connectivity index (χ1n) is 6.23. The summed E-state index contributed by atoms with van der Waals surface area (Å²) in [5.74, 6) is -1.37. The summed E-state index contributed by atoms with van der Waals surface area (Å²) in [6, 6.07) is 0. The molecule has 5 heteroatoms. The van der Waals surface area contributed by atoms with Gasteiger partial charge in [0.15, 0.2) is 0 Å². The molecular weight excluding hydrogens is 234 g/mol. The van der Waals surface area contributed by atoms with Gasteiger partial charge in [0, 0.05) is 12.5 Å². The molecule has 0 aliphatic heterocycles. The van der Waals surface area contributed by atoms with Crippen molar-refractivity contribution in [2.75, 3.05) is 19.8 Å². The Morgan fingerprint density at radius 3 is 2.61 bits per heavy atom. The Bertz CT molecular complexity index is 327. The molecule has 2 atom stereocenters.